The molecule has 0 saturated heterocycles. The quantitative estimate of drug-likeness (QED) is 0.112. The standard InChI is InChI=1S/C28H18F8O7S2/c1-3-15-20(29)22(31)18(23(32)21(15)30)19-24(33)26(35)28(27(36)25(19)34)43-16-10-9-14(11-17(16)45(39,40)41)44(37,38)13-7-5-12(6-8-13)42-4-2/h5-11H,3-4H2,1-2H3,(H,39,40,41). The number of hydrogen-bond donors (Lipinski definition) is 1. The molecule has 1 N–H and O–H groups in total. The van der Waals surface area contributed by atoms with Crippen LogP contribution in [-0.2, 0) is 26.4 Å². The maximum atomic E-state index is 15.0. The Hall–Kier alpha value is -4.22. The first-order chi connectivity index (χ1) is 21.0. The first kappa shape index (κ1) is 33.7. The highest BCUT2D eigenvalue weighted by molar-refractivity contribution is 7.91. The average Bonchev–Trinajstić information content (AvgIpc) is 2.99. The van der Waals surface area contributed by atoms with Crippen LogP contribution in [0.25, 0.3) is 11.1 Å². The lowest BCUT2D eigenvalue weighted by molar-refractivity contribution is 0.340. The van der Waals surface area contributed by atoms with Gasteiger partial charge >= 0.3 is 0 Å². The van der Waals surface area contributed by atoms with E-state index in [9.17, 15) is 39.0 Å². The molecule has 0 aliphatic carbocycles. The fourth-order valence-corrected chi connectivity index (χ4v) is 6.20. The van der Waals surface area contributed by atoms with Crippen molar-refractivity contribution in [1.82, 2.24) is 0 Å². The summed E-state index contributed by atoms with van der Waals surface area (Å²) in [6, 6.07) is 6.24. The minimum absolute atomic E-state index is 0.264. The van der Waals surface area contributed by atoms with E-state index in [2.05, 4.69) is 0 Å². The van der Waals surface area contributed by atoms with Crippen LogP contribution >= 0.6 is 0 Å². The van der Waals surface area contributed by atoms with Crippen LogP contribution in [0.4, 0.5) is 35.1 Å². The Balaban J connectivity index is 1.86. The Labute approximate surface area is 250 Å². The van der Waals surface area contributed by atoms with E-state index in [1.165, 1.54) is 12.1 Å². The monoisotopic (exact) mass is 682 g/mol. The van der Waals surface area contributed by atoms with E-state index in [4.69, 9.17) is 9.47 Å². The van der Waals surface area contributed by atoms with E-state index in [0.717, 1.165) is 19.1 Å². The van der Waals surface area contributed by atoms with Crippen LogP contribution in [0.2, 0.25) is 0 Å². The van der Waals surface area contributed by atoms with Gasteiger partial charge in [0.05, 0.1) is 27.5 Å². The zero-order valence-corrected chi connectivity index (χ0v) is 24.3. The van der Waals surface area contributed by atoms with Crippen LogP contribution in [0.15, 0.2) is 57.2 Å². The summed E-state index contributed by atoms with van der Waals surface area (Å²) in [6.07, 6.45) is -0.608. The molecule has 0 atom stereocenters. The molecule has 0 unspecified atom stereocenters. The van der Waals surface area contributed by atoms with Gasteiger partial charge in [0, 0.05) is 5.56 Å². The first-order valence-corrected chi connectivity index (χ1v) is 15.4. The molecule has 0 aromatic heterocycles. The molecule has 0 spiro atoms. The number of hydrogen-bond acceptors (Lipinski definition) is 6. The molecule has 0 aliphatic rings. The Morgan fingerprint density at radius 2 is 1.11 bits per heavy atom. The van der Waals surface area contributed by atoms with E-state index < -0.39 is 111 Å². The Bertz CT molecular complexity index is 1990. The topological polar surface area (TPSA) is 107 Å². The van der Waals surface area contributed by atoms with Gasteiger partial charge < -0.3 is 9.47 Å². The molecule has 0 radical (unpaired) electrons. The summed E-state index contributed by atoms with van der Waals surface area (Å²) in [5, 5.41) is 0. The third-order valence-corrected chi connectivity index (χ3v) is 8.98. The largest absolute Gasteiger partial charge is 0.494 e. The second-order valence-electron chi connectivity index (χ2n) is 9.02. The summed E-state index contributed by atoms with van der Waals surface area (Å²) in [5.41, 5.74) is -5.47. The fourth-order valence-electron chi connectivity index (χ4n) is 4.20. The lowest BCUT2D eigenvalue weighted by Crippen LogP contribution is -2.11. The average molecular weight is 683 g/mol. The van der Waals surface area contributed by atoms with E-state index in [-0.39, 0.29) is 11.5 Å². The highest BCUT2D eigenvalue weighted by Gasteiger charge is 2.35. The Morgan fingerprint density at radius 3 is 1.56 bits per heavy atom. The van der Waals surface area contributed by atoms with Crippen molar-refractivity contribution in [2.24, 2.45) is 0 Å². The predicted octanol–water partition coefficient (Wildman–Crippen LogP) is 7.30. The maximum Gasteiger partial charge on any atom is 0.298 e. The van der Waals surface area contributed by atoms with Crippen molar-refractivity contribution in [3.8, 4) is 28.4 Å². The molecule has 0 aliphatic heterocycles. The van der Waals surface area contributed by atoms with Crippen molar-refractivity contribution in [3.63, 3.8) is 0 Å². The predicted molar refractivity (Wildman–Crippen MR) is 140 cm³/mol. The molecule has 7 nitrogen and oxygen atoms in total. The van der Waals surface area contributed by atoms with Gasteiger partial charge in [0.1, 0.15) is 16.4 Å². The van der Waals surface area contributed by atoms with Crippen LogP contribution in [0.1, 0.15) is 19.4 Å². The summed E-state index contributed by atoms with van der Waals surface area (Å²) < 4.78 is 188. The van der Waals surface area contributed by atoms with Crippen molar-refractivity contribution >= 4 is 20.0 Å². The van der Waals surface area contributed by atoms with E-state index >= 15 is 17.6 Å². The van der Waals surface area contributed by atoms with Gasteiger partial charge in [-0.05, 0) is 55.8 Å². The third-order valence-electron chi connectivity index (χ3n) is 6.34. The smallest absolute Gasteiger partial charge is 0.298 e. The molecule has 240 valence electrons. The van der Waals surface area contributed by atoms with Gasteiger partial charge in [-0.15, -0.1) is 0 Å². The lowest BCUT2D eigenvalue weighted by Gasteiger charge is -2.17. The van der Waals surface area contributed by atoms with E-state index in [0.29, 0.717) is 23.9 Å². The molecule has 0 amide bonds. The Kier molecular flexibility index (Phi) is 9.19. The first-order valence-electron chi connectivity index (χ1n) is 12.5. The van der Waals surface area contributed by atoms with Gasteiger partial charge in [-0.25, -0.2) is 34.8 Å². The van der Waals surface area contributed by atoms with Gasteiger partial charge in [-0.2, -0.15) is 17.2 Å². The van der Waals surface area contributed by atoms with Crippen LogP contribution in [0.5, 0.6) is 17.2 Å². The molecule has 45 heavy (non-hydrogen) atoms. The van der Waals surface area contributed by atoms with Gasteiger partial charge in [0.2, 0.25) is 27.2 Å². The van der Waals surface area contributed by atoms with Crippen molar-refractivity contribution in [2.75, 3.05) is 6.61 Å². The molecule has 17 heteroatoms. The Morgan fingerprint density at radius 1 is 0.644 bits per heavy atom. The third kappa shape index (κ3) is 5.94. The van der Waals surface area contributed by atoms with Gasteiger partial charge in [-0.1, -0.05) is 6.92 Å². The number of halogens is 8. The fraction of sp³-hybridized carbons (Fsp3) is 0.143. The summed E-state index contributed by atoms with van der Waals surface area (Å²) in [5.74, 6) is -22.2. The molecular weight excluding hydrogens is 664 g/mol. The molecule has 0 bridgehead atoms. The van der Waals surface area contributed by atoms with Gasteiger partial charge in [0.25, 0.3) is 10.1 Å². The second kappa shape index (κ2) is 12.3. The molecule has 0 fully saturated rings. The maximum absolute atomic E-state index is 15.0. The zero-order valence-electron chi connectivity index (χ0n) is 22.7. The normalized spacial score (nSPS) is 12.0. The highest BCUT2D eigenvalue weighted by Crippen LogP contribution is 2.42. The van der Waals surface area contributed by atoms with E-state index in [1.807, 2.05) is 0 Å². The van der Waals surface area contributed by atoms with Crippen LogP contribution in [0.3, 0.4) is 0 Å². The summed E-state index contributed by atoms with van der Waals surface area (Å²) in [6.45, 7) is 3.03. The minimum Gasteiger partial charge on any atom is -0.494 e. The van der Waals surface area contributed by atoms with Crippen LogP contribution < -0.4 is 9.47 Å². The van der Waals surface area contributed by atoms with Gasteiger partial charge in [0.15, 0.2) is 34.9 Å². The molecule has 0 saturated carbocycles. The molecule has 4 aromatic rings. The highest BCUT2D eigenvalue weighted by atomic mass is 32.2. The number of sulfone groups is 1. The minimum atomic E-state index is -5.48. The number of ether oxygens (including phenoxy) is 2. The van der Waals surface area contributed by atoms with Crippen molar-refractivity contribution < 1.29 is 66.0 Å². The number of rotatable bonds is 9. The lowest BCUT2D eigenvalue weighted by atomic mass is 9.98. The van der Waals surface area contributed by atoms with Crippen molar-refractivity contribution in [1.29, 1.82) is 0 Å². The summed E-state index contributed by atoms with van der Waals surface area (Å²) in [7, 11) is -10.00. The van der Waals surface area contributed by atoms with Crippen LogP contribution in [-0.4, -0.2) is 28.0 Å². The molecule has 0 heterocycles. The van der Waals surface area contributed by atoms with Crippen molar-refractivity contribution in [2.45, 2.75) is 35.0 Å². The number of benzene rings is 4. The van der Waals surface area contributed by atoms with Gasteiger partial charge in [-0.3, -0.25) is 4.55 Å². The second-order valence-corrected chi connectivity index (χ2v) is 12.4. The molecular formula is C28H18F8O7S2. The molecule has 4 rings (SSSR count). The summed E-state index contributed by atoms with van der Waals surface area (Å²) in [4.78, 5) is -2.60. The zero-order chi connectivity index (χ0) is 33.6. The SMILES string of the molecule is CCOc1ccc(S(=O)(=O)c2ccc(Oc3c(F)c(F)c(-c4c(F)c(F)c(CC)c(F)c4F)c(F)c3F)c(S(=O)(=O)O)c2)cc1. The van der Waals surface area contributed by atoms with E-state index in [1.54, 1.807) is 6.92 Å². The van der Waals surface area contributed by atoms with Crippen LogP contribution in [0, 0.1) is 46.5 Å². The molecule has 4 aromatic carbocycles. The van der Waals surface area contributed by atoms with Crippen molar-refractivity contribution in [3.05, 3.63) is 94.6 Å². The summed E-state index contributed by atoms with van der Waals surface area (Å²) >= 11 is 0.